The highest BCUT2D eigenvalue weighted by atomic mass is 35.5. The summed E-state index contributed by atoms with van der Waals surface area (Å²) >= 11 is 11.1. The van der Waals surface area contributed by atoms with Crippen LogP contribution < -0.4 is 0 Å². The van der Waals surface area contributed by atoms with Crippen LogP contribution in [0.3, 0.4) is 0 Å². The smallest absolute Gasteiger partial charge is 0.223 e. The second-order valence-electron chi connectivity index (χ2n) is 1.77. The minimum Gasteiger partial charge on any atom is -0.296 e. The van der Waals surface area contributed by atoms with Crippen LogP contribution in [0.25, 0.3) is 0 Å². The standard InChI is InChI=1S/C6H5Cl2N3/c1-9-2-4-3-10-6(8)11-5(4)7/h2-3H,1H3/b9-2+. The topological polar surface area (TPSA) is 38.1 Å². The van der Waals surface area contributed by atoms with Crippen molar-refractivity contribution in [3.8, 4) is 0 Å². The van der Waals surface area contributed by atoms with Crippen LogP contribution in [-0.4, -0.2) is 23.2 Å². The molecule has 58 valence electrons. The maximum absolute atomic E-state index is 5.68. The quantitative estimate of drug-likeness (QED) is 0.385. The fourth-order valence-corrected chi connectivity index (χ4v) is 0.930. The third-order valence-corrected chi connectivity index (χ3v) is 1.49. The molecule has 0 atom stereocenters. The number of aromatic nitrogens is 2. The van der Waals surface area contributed by atoms with E-state index in [1.165, 1.54) is 6.20 Å². The Morgan fingerprint density at radius 3 is 2.82 bits per heavy atom. The summed E-state index contributed by atoms with van der Waals surface area (Å²) in [5.41, 5.74) is 0.665. The normalized spacial score (nSPS) is 10.8. The highest BCUT2D eigenvalue weighted by Crippen LogP contribution is 2.11. The molecular weight excluding hydrogens is 185 g/mol. The van der Waals surface area contributed by atoms with Crippen molar-refractivity contribution >= 4 is 29.4 Å². The number of rotatable bonds is 1. The molecule has 0 bridgehead atoms. The first-order valence-electron chi connectivity index (χ1n) is 2.84. The summed E-state index contributed by atoms with van der Waals surface area (Å²) in [5.74, 6) is 0. The van der Waals surface area contributed by atoms with E-state index in [0.29, 0.717) is 10.7 Å². The Morgan fingerprint density at radius 2 is 2.27 bits per heavy atom. The Labute approximate surface area is 74.1 Å². The fourth-order valence-electron chi connectivity index (χ4n) is 0.576. The molecule has 0 saturated carbocycles. The number of hydrogen-bond acceptors (Lipinski definition) is 3. The first-order valence-corrected chi connectivity index (χ1v) is 3.60. The van der Waals surface area contributed by atoms with Crippen molar-refractivity contribution in [3.63, 3.8) is 0 Å². The Bertz CT molecular complexity index is 285. The lowest BCUT2D eigenvalue weighted by atomic mass is 10.4. The molecule has 0 fully saturated rings. The fraction of sp³-hybridized carbons (Fsp3) is 0.167. The molecule has 1 aromatic heterocycles. The molecule has 0 aliphatic heterocycles. The zero-order chi connectivity index (χ0) is 8.27. The molecule has 0 aromatic carbocycles. The molecule has 0 aliphatic rings. The predicted octanol–water partition coefficient (Wildman–Crippen LogP) is 1.83. The van der Waals surface area contributed by atoms with Gasteiger partial charge in [0.1, 0.15) is 5.15 Å². The molecule has 0 radical (unpaired) electrons. The van der Waals surface area contributed by atoms with E-state index in [2.05, 4.69) is 15.0 Å². The summed E-state index contributed by atoms with van der Waals surface area (Å²) in [6, 6.07) is 0. The Balaban J connectivity index is 3.09. The molecule has 11 heavy (non-hydrogen) atoms. The summed E-state index contributed by atoms with van der Waals surface area (Å²) in [7, 11) is 1.64. The third-order valence-electron chi connectivity index (χ3n) is 1.01. The number of nitrogens with zero attached hydrogens (tertiary/aromatic N) is 3. The molecule has 0 amide bonds. The molecule has 1 aromatic rings. The summed E-state index contributed by atoms with van der Waals surface area (Å²) in [5, 5.41) is 0.457. The van der Waals surface area contributed by atoms with Gasteiger partial charge in [0.15, 0.2) is 0 Å². The van der Waals surface area contributed by atoms with E-state index in [4.69, 9.17) is 23.2 Å². The third kappa shape index (κ3) is 2.13. The van der Waals surface area contributed by atoms with Gasteiger partial charge in [0.25, 0.3) is 0 Å². The monoisotopic (exact) mass is 189 g/mol. The van der Waals surface area contributed by atoms with Crippen molar-refractivity contribution in [2.75, 3.05) is 7.05 Å². The molecule has 0 unspecified atom stereocenters. The molecule has 1 heterocycles. The zero-order valence-electron chi connectivity index (χ0n) is 5.75. The summed E-state index contributed by atoms with van der Waals surface area (Å²) in [6.45, 7) is 0. The SMILES string of the molecule is C/N=C/c1cnc(Cl)nc1Cl. The Morgan fingerprint density at radius 1 is 1.55 bits per heavy atom. The number of hydrogen-bond donors (Lipinski definition) is 0. The first-order chi connectivity index (χ1) is 5.24. The van der Waals surface area contributed by atoms with Gasteiger partial charge in [-0.15, -0.1) is 0 Å². The minimum absolute atomic E-state index is 0.142. The van der Waals surface area contributed by atoms with Gasteiger partial charge in [0.2, 0.25) is 5.28 Å². The molecule has 3 nitrogen and oxygen atoms in total. The second kappa shape index (κ2) is 3.64. The molecule has 5 heteroatoms. The van der Waals surface area contributed by atoms with Crippen molar-refractivity contribution in [2.24, 2.45) is 4.99 Å². The predicted molar refractivity (Wildman–Crippen MR) is 45.6 cm³/mol. The second-order valence-corrected chi connectivity index (χ2v) is 2.47. The van der Waals surface area contributed by atoms with Gasteiger partial charge < -0.3 is 0 Å². The van der Waals surface area contributed by atoms with Crippen LogP contribution >= 0.6 is 23.2 Å². The molecule has 0 spiro atoms. The van der Waals surface area contributed by atoms with Gasteiger partial charge in [-0.3, -0.25) is 4.99 Å². The lowest BCUT2D eigenvalue weighted by Crippen LogP contribution is -1.89. The lowest BCUT2D eigenvalue weighted by Gasteiger charge is -1.94. The van der Waals surface area contributed by atoms with Gasteiger partial charge in [-0.25, -0.2) is 9.97 Å². The molecular formula is C6H5Cl2N3. The van der Waals surface area contributed by atoms with Crippen molar-refractivity contribution in [2.45, 2.75) is 0 Å². The summed E-state index contributed by atoms with van der Waals surface area (Å²) in [6.07, 6.45) is 3.09. The number of aliphatic imine (C=N–C) groups is 1. The van der Waals surface area contributed by atoms with Crippen LogP contribution in [0.15, 0.2) is 11.2 Å². The van der Waals surface area contributed by atoms with Crippen LogP contribution in [0.1, 0.15) is 5.56 Å². The number of halogens is 2. The van der Waals surface area contributed by atoms with E-state index in [1.54, 1.807) is 13.3 Å². The van der Waals surface area contributed by atoms with E-state index in [1.807, 2.05) is 0 Å². The summed E-state index contributed by atoms with van der Waals surface area (Å²) in [4.78, 5) is 11.2. The van der Waals surface area contributed by atoms with Crippen molar-refractivity contribution in [3.05, 3.63) is 22.2 Å². The lowest BCUT2D eigenvalue weighted by molar-refractivity contribution is 1.16. The average Bonchev–Trinajstić information content (AvgIpc) is 1.95. The van der Waals surface area contributed by atoms with Crippen molar-refractivity contribution in [1.82, 2.24) is 9.97 Å². The zero-order valence-corrected chi connectivity index (χ0v) is 7.26. The molecule has 0 aliphatic carbocycles. The van der Waals surface area contributed by atoms with Crippen molar-refractivity contribution in [1.29, 1.82) is 0 Å². The van der Waals surface area contributed by atoms with Crippen LogP contribution in [0.5, 0.6) is 0 Å². The largest absolute Gasteiger partial charge is 0.296 e. The van der Waals surface area contributed by atoms with E-state index < -0.39 is 0 Å². The first kappa shape index (κ1) is 8.43. The van der Waals surface area contributed by atoms with Crippen molar-refractivity contribution < 1.29 is 0 Å². The minimum atomic E-state index is 0.142. The van der Waals surface area contributed by atoms with Crippen LogP contribution in [0.2, 0.25) is 10.4 Å². The van der Waals surface area contributed by atoms with Gasteiger partial charge in [0, 0.05) is 25.0 Å². The van der Waals surface area contributed by atoms with E-state index >= 15 is 0 Å². The van der Waals surface area contributed by atoms with Crippen LogP contribution in [-0.2, 0) is 0 Å². The van der Waals surface area contributed by atoms with Gasteiger partial charge >= 0.3 is 0 Å². The van der Waals surface area contributed by atoms with Crippen LogP contribution in [0, 0.1) is 0 Å². The van der Waals surface area contributed by atoms with Gasteiger partial charge in [-0.2, -0.15) is 0 Å². The summed E-state index contributed by atoms with van der Waals surface area (Å²) < 4.78 is 0. The van der Waals surface area contributed by atoms with Gasteiger partial charge in [0.05, 0.1) is 0 Å². The molecule has 0 N–H and O–H groups in total. The maximum atomic E-state index is 5.68. The average molecular weight is 190 g/mol. The Hall–Kier alpha value is -0.670. The van der Waals surface area contributed by atoms with Gasteiger partial charge in [-0.05, 0) is 11.6 Å². The highest BCUT2D eigenvalue weighted by Gasteiger charge is 1.99. The highest BCUT2D eigenvalue weighted by molar-refractivity contribution is 6.33. The van der Waals surface area contributed by atoms with E-state index in [-0.39, 0.29) is 5.28 Å². The molecule has 1 rings (SSSR count). The maximum Gasteiger partial charge on any atom is 0.223 e. The van der Waals surface area contributed by atoms with Gasteiger partial charge in [-0.1, -0.05) is 11.6 Å². The van der Waals surface area contributed by atoms with E-state index in [0.717, 1.165) is 0 Å². The Kier molecular flexibility index (Phi) is 2.79. The molecule has 0 saturated heterocycles. The van der Waals surface area contributed by atoms with E-state index in [9.17, 15) is 0 Å². The van der Waals surface area contributed by atoms with Crippen LogP contribution in [0.4, 0.5) is 0 Å².